The molecule has 0 spiro atoms. The Balaban J connectivity index is 1.31. The SMILES string of the molecule is CN(C(=O)Oc1ccc(F)c(F)c1)C1CCC(OCCCCC2CCNC2)CC1. The van der Waals surface area contributed by atoms with Gasteiger partial charge < -0.3 is 19.7 Å². The van der Waals surface area contributed by atoms with E-state index >= 15 is 0 Å². The zero-order chi connectivity index (χ0) is 20.6. The number of benzene rings is 1. The minimum Gasteiger partial charge on any atom is -0.410 e. The van der Waals surface area contributed by atoms with Gasteiger partial charge in [0.2, 0.25) is 0 Å². The molecule has 3 rings (SSSR count). The summed E-state index contributed by atoms with van der Waals surface area (Å²) >= 11 is 0. The van der Waals surface area contributed by atoms with E-state index in [9.17, 15) is 13.6 Å². The number of ether oxygens (including phenoxy) is 2. The summed E-state index contributed by atoms with van der Waals surface area (Å²) in [6, 6.07) is 3.15. The van der Waals surface area contributed by atoms with Crippen LogP contribution in [-0.4, -0.2) is 49.9 Å². The number of carbonyl (C=O) groups excluding carboxylic acids is 1. The number of carbonyl (C=O) groups is 1. The van der Waals surface area contributed by atoms with Gasteiger partial charge in [0.15, 0.2) is 11.6 Å². The molecule has 1 unspecified atom stereocenters. The summed E-state index contributed by atoms with van der Waals surface area (Å²) in [6.45, 7) is 3.13. The molecular weight excluding hydrogens is 378 g/mol. The van der Waals surface area contributed by atoms with E-state index in [1.165, 1.54) is 25.3 Å². The number of nitrogens with one attached hydrogen (secondary N) is 1. The summed E-state index contributed by atoms with van der Waals surface area (Å²) in [6.07, 6.45) is 8.16. The largest absolute Gasteiger partial charge is 0.415 e. The zero-order valence-corrected chi connectivity index (χ0v) is 17.2. The van der Waals surface area contributed by atoms with Gasteiger partial charge in [0, 0.05) is 25.8 Å². The summed E-state index contributed by atoms with van der Waals surface area (Å²) < 4.78 is 37.4. The van der Waals surface area contributed by atoms with Crippen molar-refractivity contribution >= 4 is 6.09 Å². The molecule has 1 aliphatic heterocycles. The maximum absolute atomic E-state index is 13.3. The Morgan fingerprint density at radius 3 is 2.62 bits per heavy atom. The van der Waals surface area contributed by atoms with Crippen molar-refractivity contribution in [1.82, 2.24) is 10.2 Å². The average molecular weight is 411 g/mol. The smallest absolute Gasteiger partial charge is 0.410 e. The summed E-state index contributed by atoms with van der Waals surface area (Å²) in [5.41, 5.74) is 0. The Hall–Kier alpha value is -1.73. The van der Waals surface area contributed by atoms with Gasteiger partial charge in [-0.2, -0.15) is 0 Å². The summed E-state index contributed by atoms with van der Waals surface area (Å²) in [5, 5.41) is 3.40. The van der Waals surface area contributed by atoms with Crippen LogP contribution in [0.1, 0.15) is 51.4 Å². The van der Waals surface area contributed by atoms with Crippen molar-refractivity contribution < 1.29 is 23.0 Å². The second kappa shape index (κ2) is 10.9. The second-order valence-corrected chi connectivity index (χ2v) is 8.21. The topological polar surface area (TPSA) is 50.8 Å². The predicted octanol–water partition coefficient (Wildman–Crippen LogP) is 4.50. The maximum atomic E-state index is 13.3. The molecule has 1 atom stereocenters. The number of amides is 1. The standard InChI is InChI=1S/C22H32F2N2O3/c1-26(22(27)29-19-9-10-20(23)21(24)14-19)17-5-7-18(8-6-17)28-13-3-2-4-16-11-12-25-15-16/h9-10,14,16-18,25H,2-8,11-13,15H2,1H3. The highest BCUT2D eigenvalue weighted by Crippen LogP contribution is 2.26. The van der Waals surface area contributed by atoms with Gasteiger partial charge in [0.25, 0.3) is 0 Å². The number of nitrogens with zero attached hydrogens (tertiary/aromatic N) is 1. The van der Waals surface area contributed by atoms with Gasteiger partial charge in [-0.3, -0.25) is 0 Å². The number of halogens is 2. The lowest BCUT2D eigenvalue weighted by Gasteiger charge is -2.34. The number of unbranched alkanes of at least 4 members (excludes halogenated alkanes) is 1. The Bertz CT molecular complexity index is 659. The Morgan fingerprint density at radius 1 is 1.14 bits per heavy atom. The van der Waals surface area contributed by atoms with Crippen LogP contribution < -0.4 is 10.1 Å². The molecule has 1 aromatic carbocycles. The van der Waals surface area contributed by atoms with E-state index in [4.69, 9.17) is 9.47 Å². The minimum absolute atomic E-state index is 0.00570. The fourth-order valence-corrected chi connectivity index (χ4v) is 4.21. The molecule has 1 heterocycles. The van der Waals surface area contributed by atoms with Crippen molar-refractivity contribution in [3.05, 3.63) is 29.8 Å². The van der Waals surface area contributed by atoms with Crippen molar-refractivity contribution in [2.45, 2.75) is 63.5 Å². The first-order valence-corrected chi connectivity index (χ1v) is 10.7. The maximum Gasteiger partial charge on any atom is 0.415 e. The van der Waals surface area contributed by atoms with Crippen molar-refractivity contribution in [3.63, 3.8) is 0 Å². The number of hydrogen-bond donors (Lipinski definition) is 1. The first-order chi connectivity index (χ1) is 14.0. The molecular formula is C22H32F2N2O3. The molecule has 1 aliphatic carbocycles. The lowest BCUT2D eigenvalue weighted by molar-refractivity contribution is 0.0102. The normalized spacial score (nSPS) is 24.4. The third-order valence-corrected chi connectivity index (χ3v) is 6.10. The van der Waals surface area contributed by atoms with E-state index in [1.807, 2.05) is 0 Å². The van der Waals surface area contributed by atoms with E-state index < -0.39 is 17.7 Å². The summed E-state index contributed by atoms with van der Waals surface area (Å²) in [4.78, 5) is 13.8. The van der Waals surface area contributed by atoms with Gasteiger partial charge in [0.1, 0.15) is 5.75 Å². The quantitative estimate of drug-likeness (QED) is 0.641. The lowest BCUT2D eigenvalue weighted by atomic mass is 9.92. The van der Waals surface area contributed by atoms with Crippen molar-refractivity contribution in [2.24, 2.45) is 5.92 Å². The third-order valence-electron chi connectivity index (χ3n) is 6.10. The average Bonchev–Trinajstić information content (AvgIpc) is 3.24. The third kappa shape index (κ3) is 6.64. The van der Waals surface area contributed by atoms with E-state index in [0.717, 1.165) is 69.9 Å². The van der Waals surface area contributed by atoms with Crippen LogP contribution in [0.25, 0.3) is 0 Å². The summed E-state index contributed by atoms with van der Waals surface area (Å²) in [5.74, 6) is -1.15. The van der Waals surface area contributed by atoms with Crippen LogP contribution >= 0.6 is 0 Å². The molecule has 2 fully saturated rings. The van der Waals surface area contributed by atoms with E-state index in [-0.39, 0.29) is 17.9 Å². The highest BCUT2D eigenvalue weighted by molar-refractivity contribution is 5.70. The fraction of sp³-hybridized carbons (Fsp3) is 0.682. The van der Waals surface area contributed by atoms with Gasteiger partial charge in [-0.05, 0) is 76.1 Å². The zero-order valence-electron chi connectivity index (χ0n) is 17.2. The van der Waals surface area contributed by atoms with Gasteiger partial charge in [-0.1, -0.05) is 6.42 Å². The Morgan fingerprint density at radius 2 is 1.93 bits per heavy atom. The first-order valence-electron chi connectivity index (χ1n) is 10.7. The van der Waals surface area contributed by atoms with Crippen LogP contribution in [-0.2, 0) is 4.74 Å². The Labute approximate surface area is 171 Å². The van der Waals surface area contributed by atoms with Crippen molar-refractivity contribution in [3.8, 4) is 5.75 Å². The van der Waals surface area contributed by atoms with Crippen LogP contribution in [0.4, 0.5) is 13.6 Å². The first kappa shape index (κ1) is 22.0. The monoisotopic (exact) mass is 410 g/mol. The molecule has 1 amide bonds. The summed E-state index contributed by atoms with van der Waals surface area (Å²) in [7, 11) is 1.69. The molecule has 2 aliphatic rings. The molecule has 1 N–H and O–H groups in total. The van der Waals surface area contributed by atoms with Gasteiger partial charge in [0.05, 0.1) is 6.10 Å². The number of hydrogen-bond acceptors (Lipinski definition) is 4. The molecule has 0 radical (unpaired) electrons. The molecule has 0 aromatic heterocycles. The highest BCUT2D eigenvalue weighted by atomic mass is 19.2. The molecule has 29 heavy (non-hydrogen) atoms. The van der Waals surface area contributed by atoms with Crippen LogP contribution in [0.3, 0.4) is 0 Å². The predicted molar refractivity (Wildman–Crippen MR) is 107 cm³/mol. The fourth-order valence-electron chi connectivity index (χ4n) is 4.21. The molecule has 1 saturated heterocycles. The minimum atomic E-state index is -1.03. The van der Waals surface area contributed by atoms with Crippen LogP contribution in [0.15, 0.2) is 18.2 Å². The number of rotatable bonds is 8. The van der Waals surface area contributed by atoms with E-state index in [2.05, 4.69) is 5.32 Å². The second-order valence-electron chi connectivity index (χ2n) is 8.21. The van der Waals surface area contributed by atoms with Crippen molar-refractivity contribution in [2.75, 3.05) is 26.7 Å². The molecule has 162 valence electrons. The highest BCUT2D eigenvalue weighted by Gasteiger charge is 2.28. The lowest BCUT2D eigenvalue weighted by Crippen LogP contribution is -2.42. The molecule has 5 nitrogen and oxygen atoms in total. The molecule has 7 heteroatoms. The van der Waals surface area contributed by atoms with Gasteiger partial charge in [-0.25, -0.2) is 13.6 Å². The van der Waals surface area contributed by atoms with Crippen LogP contribution in [0.2, 0.25) is 0 Å². The van der Waals surface area contributed by atoms with E-state index in [1.54, 1.807) is 11.9 Å². The Kier molecular flexibility index (Phi) is 8.24. The molecule has 1 saturated carbocycles. The van der Waals surface area contributed by atoms with Gasteiger partial charge >= 0.3 is 6.09 Å². The van der Waals surface area contributed by atoms with Crippen LogP contribution in [0.5, 0.6) is 5.75 Å². The van der Waals surface area contributed by atoms with E-state index in [0.29, 0.717) is 0 Å². The van der Waals surface area contributed by atoms with Gasteiger partial charge in [-0.15, -0.1) is 0 Å². The molecule has 0 bridgehead atoms. The van der Waals surface area contributed by atoms with Crippen molar-refractivity contribution in [1.29, 1.82) is 0 Å². The van der Waals surface area contributed by atoms with Crippen LogP contribution in [0, 0.1) is 17.6 Å². The molecule has 1 aromatic rings.